The minimum Gasteiger partial charge on any atom is -0.509 e. The predicted octanol–water partition coefficient (Wildman–Crippen LogP) is 6.23. The summed E-state index contributed by atoms with van der Waals surface area (Å²) in [5.74, 6) is -0.0352. The molecule has 0 radical (unpaired) electrons. The number of aliphatic hydroxyl groups is 1. The van der Waals surface area contributed by atoms with Gasteiger partial charge in [-0.1, -0.05) is 76.8 Å². The summed E-state index contributed by atoms with van der Waals surface area (Å²) in [6, 6.07) is 0. The fourth-order valence-electron chi connectivity index (χ4n) is 0.819. The highest BCUT2D eigenvalue weighted by Gasteiger charge is 2.02. The first-order chi connectivity index (χ1) is 8.79. The van der Waals surface area contributed by atoms with Crippen LogP contribution < -0.4 is 0 Å². The van der Waals surface area contributed by atoms with Crippen LogP contribution >= 0.6 is 11.6 Å². The Morgan fingerprint density at radius 2 is 1.53 bits per heavy atom. The van der Waals surface area contributed by atoms with Crippen molar-refractivity contribution in [2.24, 2.45) is 0 Å². The number of hydrogen-bond donors (Lipinski definition) is 1. The number of allylic oxidation sites excluding steroid dienone is 7. The largest absolute Gasteiger partial charge is 0.509 e. The standard InChI is InChI=1S/C14H17ClO.C3H8/c1-6-10(2)9-14(15)13(5)11(3)7-8-12(4)16;1-3-2/h7-9,16H,2-6H2,1H3;3H2,1-2H3/b8-7-,14-9+;. The number of hydrogen-bond acceptors (Lipinski definition) is 1. The van der Waals surface area contributed by atoms with E-state index in [1.165, 1.54) is 12.5 Å². The zero-order chi connectivity index (χ0) is 15.4. The second kappa shape index (κ2) is 11.6. The SMILES string of the molecule is C=C(O)/C=C\C(=C)C(=C)/C(Cl)=C\C(=C)CC.CCC. The maximum atomic E-state index is 8.89. The van der Waals surface area contributed by atoms with Crippen molar-refractivity contribution >= 4 is 11.6 Å². The van der Waals surface area contributed by atoms with Gasteiger partial charge in [0, 0.05) is 5.03 Å². The van der Waals surface area contributed by atoms with Crippen molar-refractivity contribution in [2.75, 3.05) is 0 Å². The second-order valence-corrected chi connectivity index (χ2v) is 4.45. The van der Waals surface area contributed by atoms with Gasteiger partial charge in [0.1, 0.15) is 5.76 Å². The second-order valence-electron chi connectivity index (χ2n) is 4.04. The van der Waals surface area contributed by atoms with Crippen LogP contribution in [0.25, 0.3) is 0 Å². The highest BCUT2D eigenvalue weighted by molar-refractivity contribution is 6.32. The van der Waals surface area contributed by atoms with Gasteiger partial charge in [-0.25, -0.2) is 0 Å². The molecule has 0 spiro atoms. The molecule has 0 amide bonds. The molecule has 2 heteroatoms. The molecule has 0 aromatic heterocycles. The molecule has 0 rings (SSSR count). The van der Waals surface area contributed by atoms with E-state index in [2.05, 4.69) is 40.2 Å². The zero-order valence-corrected chi connectivity index (χ0v) is 13.1. The smallest absolute Gasteiger partial charge is 0.108 e. The Morgan fingerprint density at radius 1 is 1.05 bits per heavy atom. The van der Waals surface area contributed by atoms with Gasteiger partial charge in [-0.05, 0) is 29.7 Å². The van der Waals surface area contributed by atoms with Crippen molar-refractivity contribution in [1.29, 1.82) is 0 Å². The fourth-order valence-corrected chi connectivity index (χ4v) is 1.09. The summed E-state index contributed by atoms with van der Waals surface area (Å²) in [5.41, 5.74) is 2.16. The molecule has 0 aliphatic carbocycles. The molecule has 1 nitrogen and oxygen atoms in total. The molecule has 0 aromatic carbocycles. The van der Waals surface area contributed by atoms with Crippen LogP contribution in [0.15, 0.2) is 72.1 Å². The summed E-state index contributed by atoms with van der Waals surface area (Å²) in [4.78, 5) is 0. The fraction of sp³-hybridized carbons (Fsp3) is 0.294. The molecule has 0 saturated heterocycles. The van der Waals surface area contributed by atoms with E-state index in [0.717, 1.165) is 12.0 Å². The zero-order valence-electron chi connectivity index (χ0n) is 12.3. The van der Waals surface area contributed by atoms with E-state index in [1.807, 2.05) is 6.92 Å². The summed E-state index contributed by atoms with van der Waals surface area (Å²) in [6.07, 6.45) is 6.89. The van der Waals surface area contributed by atoms with Gasteiger partial charge in [0.2, 0.25) is 0 Å². The lowest BCUT2D eigenvalue weighted by molar-refractivity contribution is 0.435. The maximum Gasteiger partial charge on any atom is 0.108 e. The quantitative estimate of drug-likeness (QED) is 0.451. The molecule has 0 aliphatic heterocycles. The number of aliphatic hydroxyl groups excluding tert-OH is 1. The van der Waals surface area contributed by atoms with E-state index in [4.69, 9.17) is 16.7 Å². The van der Waals surface area contributed by atoms with Crippen molar-refractivity contribution in [3.05, 3.63) is 72.1 Å². The average molecular weight is 281 g/mol. The maximum absolute atomic E-state index is 8.89. The lowest BCUT2D eigenvalue weighted by Crippen LogP contribution is -1.85. The Balaban J connectivity index is 0. The van der Waals surface area contributed by atoms with Gasteiger partial charge < -0.3 is 5.11 Å². The Morgan fingerprint density at radius 3 is 1.89 bits per heavy atom. The molecule has 0 aromatic rings. The van der Waals surface area contributed by atoms with Gasteiger partial charge in [0.25, 0.3) is 0 Å². The van der Waals surface area contributed by atoms with Crippen LogP contribution in [0.3, 0.4) is 0 Å². The molecular weight excluding hydrogens is 256 g/mol. The monoisotopic (exact) mass is 280 g/mol. The molecular formula is C17H25ClO. The minimum absolute atomic E-state index is 0.0352. The topological polar surface area (TPSA) is 20.2 Å². The highest BCUT2D eigenvalue weighted by Crippen LogP contribution is 2.22. The van der Waals surface area contributed by atoms with Crippen molar-refractivity contribution in [3.8, 4) is 0 Å². The van der Waals surface area contributed by atoms with Gasteiger partial charge in [-0.2, -0.15) is 0 Å². The van der Waals surface area contributed by atoms with Crippen LogP contribution in [-0.2, 0) is 0 Å². The summed E-state index contributed by atoms with van der Waals surface area (Å²) >= 11 is 6.04. The van der Waals surface area contributed by atoms with Crippen LogP contribution in [0.4, 0.5) is 0 Å². The van der Waals surface area contributed by atoms with Crippen LogP contribution in [0, 0.1) is 0 Å². The summed E-state index contributed by atoms with van der Waals surface area (Å²) in [6.45, 7) is 21.0. The lowest BCUT2D eigenvalue weighted by atomic mass is 10.1. The first kappa shape index (κ1) is 19.9. The van der Waals surface area contributed by atoms with Crippen molar-refractivity contribution in [2.45, 2.75) is 33.6 Å². The van der Waals surface area contributed by atoms with E-state index in [9.17, 15) is 0 Å². The lowest BCUT2D eigenvalue weighted by Gasteiger charge is -2.04. The van der Waals surface area contributed by atoms with Crippen molar-refractivity contribution < 1.29 is 5.11 Å². The molecule has 0 fully saturated rings. The van der Waals surface area contributed by atoms with Gasteiger partial charge in [0.05, 0.1) is 0 Å². The minimum atomic E-state index is -0.0352. The van der Waals surface area contributed by atoms with Gasteiger partial charge >= 0.3 is 0 Å². The Bertz CT molecular complexity index is 397. The summed E-state index contributed by atoms with van der Waals surface area (Å²) in [5, 5.41) is 9.40. The first-order valence-corrected chi connectivity index (χ1v) is 6.67. The van der Waals surface area contributed by atoms with E-state index < -0.39 is 0 Å². The molecule has 0 unspecified atom stereocenters. The molecule has 0 saturated carbocycles. The summed E-state index contributed by atoms with van der Waals surface area (Å²) < 4.78 is 0. The molecule has 1 N–H and O–H groups in total. The van der Waals surface area contributed by atoms with Crippen molar-refractivity contribution in [1.82, 2.24) is 0 Å². The average Bonchev–Trinajstić information content (AvgIpc) is 2.35. The van der Waals surface area contributed by atoms with Crippen LogP contribution in [-0.4, -0.2) is 5.11 Å². The van der Waals surface area contributed by atoms with Gasteiger partial charge in [-0.3, -0.25) is 0 Å². The molecule has 0 aliphatic rings. The van der Waals surface area contributed by atoms with E-state index in [-0.39, 0.29) is 5.76 Å². The van der Waals surface area contributed by atoms with Crippen LogP contribution in [0.2, 0.25) is 0 Å². The van der Waals surface area contributed by atoms with Gasteiger partial charge in [-0.15, -0.1) is 0 Å². The number of rotatable bonds is 6. The Labute approximate surface area is 123 Å². The third kappa shape index (κ3) is 11.4. The Kier molecular flexibility index (Phi) is 12.1. The Hall–Kier alpha value is -1.47. The molecule has 106 valence electrons. The predicted molar refractivity (Wildman–Crippen MR) is 88.5 cm³/mol. The molecule has 0 atom stereocenters. The first-order valence-electron chi connectivity index (χ1n) is 6.29. The number of halogens is 1. The molecule has 19 heavy (non-hydrogen) atoms. The summed E-state index contributed by atoms with van der Waals surface area (Å²) in [7, 11) is 0. The third-order valence-corrected chi connectivity index (χ3v) is 2.28. The van der Waals surface area contributed by atoms with Gasteiger partial charge in [0.15, 0.2) is 0 Å². The normalized spacial score (nSPS) is 10.6. The third-order valence-electron chi connectivity index (χ3n) is 1.94. The molecule has 0 bridgehead atoms. The molecule has 0 heterocycles. The highest BCUT2D eigenvalue weighted by atomic mass is 35.5. The van der Waals surface area contributed by atoms with Crippen molar-refractivity contribution in [3.63, 3.8) is 0 Å². The van der Waals surface area contributed by atoms with E-state index in [0.29, 0.717) is 16.2 Å². The van der Waals surface area contributed by atoms with E-state index in [1.54, 1.807) is 12.2 Å². The van der Waals surface area contributed by atoms with E-state index >= 15 is 0 Å². The van der Waals surface area contributed by atoms with Crippen LogP contribution in [0.5, 0.6) is 0 Å². The van der Waals surface area contributed by atoms with Crippen LogP contribution in [0.1, 0.15) is 33.6 Å².